The molecule has 1 aromatic carbocycles. The van der Waals surface area contributed by atoms with Crippen LogP contribution in [0.4, 0.5) is 0 Å². The first-order valence-corrected chi connectivity index (χ1v) is 9.54. The van der Waals surface area contributed by atoms with Crippen LogP contribution in [-0.2, 0) is 11.3 Å². The van der Waals surface area contributed by atoms with Crippen LogP contribution >= 0.6 is 0 Å². The van der Waals surface area contributed by atoms with Crippen LogP contribution in [0.3, 0.4) is 0 Å². The molecule has 0 radical (unpaired) electrons. The Bertz CT molecular complexity index is 633. The van der Waals surface area contributed by atoms with Crippen molar-refractivity contribution in [3.8, 4) is 0 Å². The molecule has 1 saturated heterocycles. The van der Waals surface area contributed by atoms with E-state index in [1.807, 2.05) is 0 Å². The minimum Gasteiger partial charge on any atom is -0.396 e. The third-order valence-electron chi connectivity index (χ3n) is 6.27. The van der Waals surface area contributed by atoms with Crippen molar-refractivity contribution in [2.75, 3.05) is 33.4 Å². The van der Waals surface area contributed by atoms with Gasteiger partial charge in [-0.1, -0.05) is 0 Å². The first-order chi connectivity index (χ1) is 12.3. The first-order valence-electron chi connectivity index (χ1n) is 9.54. The van der Waals surface area contributed by atoms with E-state index >= 15 is 0 Å². The first kappa shape index (κ1) is 20.7. The summed E-state index contributed by atoms with van der Waals surface area (Å²) >= 11 is 0. The Balaban J connectivity index is 2.04. The van der Waals surface area contributed by atoms with E-state index in [2.05, 4.69) is 50.2 Å². The van der Waals surface area contributed by atoms with E-state index in [0.29, 0.717) is 6.61 Å². The largest absolute Gasteiger partial charge is 0.396 e. The summed E-state index contributed by atoms with van der Waals surface area (Å²) in [4.78, 5) is 4.37. The smallest absolute Gasteiger partial charge is 0.191 e. The zero-order valence-corrected chi connectivity index (χ0v) is 17.3. The number of aliphatic hydroxyl groups excluding tert-OH is 1. The fourth-order valence-corrected chi connectivity index (χ4v) is 3.82. The van der Waals surface area contributed by atoms with Crippen LogP contribution in [0.15, 0.2) is 4.99 Å². The van der Waals surface area contributed by atoms with Gasteiger partial charge in [0, 0.05) is 38.8 Å². The van der Waals surface area contributed by atoms with Crippen molar-refractivity contribution in [2.24, 2.45) is 10.4 Å². The number of rotatable bonds is 6. The number of aliphatic hydroxyl groups is 1. The maximum atomic E-state index is 9.37. The molecule has 1 fully saturated rings. The van der Waals surface area contributed by atoms with Crippen LogP contribution in [0.2, 0.25) is 0 Å². The summed E-state index contributed by atoms with van der Waals surface area (Å²) in [7, 11) is 1.80. The minimum atomic E-state index is 0.00917. The van der Waals surface area contributed by atoms with Gasteiger partial charge in [0.2, 0.25) is 0 Å². The second-order valence-electron chi connectivity index (χ2n) is 7.66. The highest BCUT2D eigenvalue weighted by atomic mass is 16.5. The standard InChI is InChI=1S/C21H35N3O2/c1-14-15(2)17(4)19(18(5)16(14)3)11-23-20(22-6)24-12-21(7-9-25)8-10-26-13-21/h25H,7-13H2,1-6H3,(H2,22,23,24). The maximum absolute atomic E-state index is 9.37. The summed E-state index contributed by atoms with van der Waals surface area (Å²) in [6.07, 6.45) is 1.73. The average molecular weight is 362 g/mol. The zero-order valence-electron chi connectivity index (χ0n) is 17.3. The highest BCUT2D eigenvalue weighted by Gasteiger charge is 2.34. The summed E-state index contributed by atoms with van der Waals surface area (Å²) in [6.45, 7) is 14.2. The van der Waals surface area contributed by atoms with Gasteiger partial charge in [-0.05, 0) is 80.8 Å². The number of nitrogens with zero attached hydrogens (tertiary/aromatic N) is 1. The molecule has 0 amide bonds. The third-order valence-corrected chi connectivity index (χ3v) is 6.27. The summed E-state index contributed by atoms with van der Waals surface area (Å²) in [6, 6.07) is 0. The summed E-state index contributed by atoms with van der Waals surface area (Å²) < 4.78 is 5.57. The summed E-state index contributed by atoms with van der Waals surface area (Å²) in [5, 5.41) is 16.3. The van der Waals surface area contributed by atoms with E-state index in [4.69, 9.17) is 4.74 Å². The number of ether oxygens (including phenoxy) is 1. The Hall–Kier alpha value is -1.59. The number of nitrogens with one attached hydrogen (secondary N) is 2. The number of guanidine groups is 1. The summed E-state index contributed by atoms with van der Waals surface area (Å²) in [5.41, 5.74) is 8.20. The molecule has 0 spiro atoms. The van der Waals surface area contributed by atoms with Gasteiger partial charge in [0.15, 0.2) is 5.96 Å². The quantitative estimate of drug-likeness (QED) is 0.538. The Kier molecular flexibility index (Phi) is 7.07. The molecule has 146 valence electrons. The lowest BCUT2D eigenvalue weighted by molar-refractivity contribution is 0.127. The van der Waals surface area contributed by atoms with Crippen LogP contribution in [0, 0.1) is 40.0 Å². The topological polar surface area (TPSA) is 65.9 Å². The van der Waals surface area contributed by atoms with Gasteiger partial charge in [-0.15, -0.1) is 0 Å². The van der Waals surface area contributed by atoms with Crippen LogP contribution in [0.25, 0.3) is 0 Å². The normalized spacial score (nSPS) is 20.5. The Morgan fingerprint density at radius 1 is 1.04 bits per heavy atom. The van der Waals surface area contributed by atoms with Gasteiger partial charge in [-0.2, -0.15) is 0 Å². The molecule has 0 bridgehead atoms. The second kappa shape index (κ2) is 8.87. The molecule has 1 aromatic rings. The van der Waals surface area contributed by atoms with E-state index in [9.17, 15) is 5.11 Å². The van der Waals surface area contributed by atoms with Crippen molar-refractivity contribution in [2.45, 2.75) is 54.0 Å². The van der Waals surface area contributed by atoms with Gasteiger partial charge in [0.05, 0.1) is 6.61 Å². The van der Waals surface area contributed by atoms with Gasteiger partial charge in [0.25, 0.3) is 0 Å². The van der Waals surface area contributed by atoms with E-state index in [1.54, 1.807) is 7.05 Å². The number of aliphatic imine (C=N–C) groups is 1. The van der Waals surface area contributed by atoms with Crippen molar-refractivity contribution in [3.63, 3.8) is 0 Å². The lowest BCUT2D eigenvalue weighted by atomic mass is 9.84. The molecular weight excluding hydrogens is 326 g/mol. The third kappa shape index (κ3) is 4.38. The van der Waals surface area contributed by atoms with Crippen LogP contribution in [-0.4, -0.2) is 44.5 Å². The highest BCUT2D eigenvalue weighted by molar-refractivity contribution is 5.79. The Morgan fingerprint density at radius 3 is 2.15 bits per heavy atom. The van der Waals surface area contributed by atoms with Crippen molar-refractivity contribution in [1.82, 2.24) is 10.6 Å². The molecule has 1 aliphatic rings. The minimum absolute atomic E-state index is 0.00917. The molecule has 0 aliphatic carbocycles. The van der Waals surface area contributed by atoms with Gasteiger partial charge in [-0.3, -0.25) is 4.99 Å². The number of hydrogen-bond donors (Lipinski definition) is 3. The van der Waals surface area contributed by atoms with Crippen LogP contribution in [0.5, 0.6) is 0 Å². The molecule has 0 aromatic heterocycles. The van der Waals surface area contributed by atoms with Crippen molar-refractivity contribution >= 4 is 5.96 Å². The number of benzene rings is 1. The van der Waals surface area contributed by atoms with E-state index in [-0.39, 0.29) is 12.0 Å². The molecule has 1 unspecified atom stereocenters. The number of hydrogen-bond acceptors (Lipinski definition) is 3. The van der Waals surface area contributed by atoms with Crippen LogP contribution in [0.1, 0.15) is 46.2 Å². The van der Waals surface area contributed by atoms with E-state index in [0.717, 1.165) is 38.5 Å². The highest BCUT2D eigenvalue weighted by Crippen LogP contribution is 2.31. The molecule has 1 atom stereocenters. The maximum Gasteiger partial charge on any atom is 0.191 e. The fourth-order valence-electron chi connectivity index (χ4n) is 3.82. The lowest BCUT2D eigenvalue weighted by Crippen LogP contribution is -2.44. The Labute approximate surface area is 158 Å². The fraction of sp³-hybridized carbons (Fsp3) is 0.667. The molecule has 0 saturated carbocycles. The average Bonchev–Trinajstić information content (AvgIpc) is 3.10. The van der Waals surface area contributed by atoms with Gasteiger partial charge in [-0.25, -0.2) is 0 Å². The van der Waals surface area contributed by atoms with Gasteiger partial charge in [0.1, 0.15) is 0 Å². The summed E-state index contributed by atoms with van der Waals surface area (Å²) in [5.74, 6) is 0.795. The van der Waals surface area contributed by atoms with E-state index < -0.39 is 0 Å². The molecule has 2 rings (SSSR count). The molecule has 5 nitrogen and oxygen atoms in total. The Morgan fingerprint density at radius 2 is 1.65 bits per heavy atom. The molecule has 1 aliphatic heterocycles. The molecular formula is C21H35N3O2. The van der Waals surface area contributed by atoms with Crippen molar-refractivity contribution in [1.29, 1.82) is 0 Å². The SMILES string of the molecule is CN=C(NCc1c(C)c(C)c(C)c(C)c1C)NCC1(CCO)CCOC1. The molecule has 1 heterocycles. The monoisotopic (exact) mass is 361 g/mol. The van der Waals surface area contributed by atoms with Gasteiger partial charge >= 0.3 is 0 Å². The van der Waals surface area contributed by atoms with Gasteiger partial charge < -0.3 is 20.5 Å². The van der Waals surface area contributed by atoms with E-state index in [1.165, 1.54) is 33.4 Å². The second-order valence-corrected chi connectivity index (χ2v) is 7.66. The van der Waals surface area contributed by atoms with Crippen LogP contribution < -0.4 is 10.6 Å². The molecule has 26 heavy (non-hydrogen) atoms. The zero-order chi connectivity index (χ0) is 19.3. The predicted octanol–water partition coefficient (Wildman–Crippen LogP) is 2.68. The lowest BCUT2D eigenvalue weighted by Gasteiger charge is -2.28. The molecule has 5 heteroatoms. The predicted molar refractivity (Wildman–Crippen MR) is 108 cm³/mol. The van der Waals surface area contributed by atoms with Crippen molar-refractivity contribution in [3.05, 3.63) is 33.4 Å². The molecule has 3 N–H and O–H groups in total. The van der Waals surface area contributed by atoms with Crippen molar-refractivity contribution < 1.29 is 9.84 Å².